The number of hydrogen-bond acceptors (Lipinski definition) is 7. The minimum absolute atomic E-state index is 0.258. The maximum atomic E-state index is 12.5. The second-order valence-electron chi connectivity index (χ2n) is 7.93. The summed E-state index contributed by atoms with van der Waals surface area (Å²) in [6.07, 6.45) is -0.262. The molecule has 0 N–H and O–H groups in total. The van der Waals surface area contributed by atoms with Crippen LogP contribution in [0.15, 0.2) is 18.2 Å². The molecule has 1 atom stereocenters. The highest BCUT2D eigenvalue weighted by atomic mass is 16.6. The summed E-state index contributed by atoms with van der Waals surface area (Å²) in [6, 6.07) is 7.13. The highest BCUT2D eigenvalue weighted by Gasteiger charge is 2.38. The Bertz CT molecular complexity index is 782. The molecular weight excluding hydrogens is 374 g/mol. The van der Waals surface area contributed by atoms with Crippen LogP contribution in [0.1, 0.15) is 31.9 Å². The fourth-order valence-corrected chi connectivity index (χ4v) is 3.27. The molecule has 1 heterocycles. The van der Waals surface area contributed by atoms with Crippen LogP contribution in [0.3, 0.4) is 0 Å². The lowest BCUT2D eigenvalue weighted by Crippen LogP contribution is -2.59. The molecule has 158 valence electrons. The number of methoxy groups -OCH3 is 2. The van der Waals surface area contributed by atoms with Crippen LogP contribution in [0.5, 0.6) is 5.75 Å². The third-order valence-corrected chi connectivity index (χ3v) is 4.59. The van der Waals surface area contributed by atoms with Crippen molar-refractivity contribution in [1.82, 2.24) is 9.80 Å². The van der Waals surface area contributed by atoms with Gasteiger partial charge in [0, 0.05) is 31.7 Å². The third kappa shape index (κ3) is 6.09. The van der Waals surface area contributed by atoms with Crippen molar-refractivity contribution in [2.24, 2.45) is 0 Å². The molecule has 0 spiro atoms. The van der Waals surface area contributed by atoms with Crippen LogP contribution in [-0.4, -0.2) is 67.4 Å². The molecule has 29 heavy (non-hydrogen) atoms. The highest BCUT2D eigenvalue weighted by molar-refractivity contribution is 5.82. The van der Waals surface area contributed by atoms with Crippen LogP contribution in [0.4, 0.5) is 4.79 Å². The molecule has 1 aliphatic heterocycles. The normalized spacial score (nSPS) is 17.4. The van der Waals surface area contributed by atoms with Crippen LogP contribution in [0.2, 0.25) is 0 Å². The minimum atomic E-state index is -0.736. The number of piperazine rings is 1. The SMILES string of the molecule is COC(=O)C1CN(Cc2ccc(OC)c(CC#N)c2)CCN1C(=O)OC(C)(C)C. The van der Waals surface area contributed by atoms with E-state index in [2.05, 4.69) is 11.0 Å². The molecule has 1 aromatic carbocycles. The number of rotatable bonds is 5. The Hall–Kier alpha value is -2.79. The van der Waals surface area contributed by atoms with Crippen molar-refractivity contribution in [2.45, 2.75) is 45.4 Å². The average molecular weight is 403 g/mol. The predicted octanol–water partition coefficient (Wildman–Crippen LogP) is 2.36. The maximum Gasteiger partial charge on any atom is 0.411 e. The third-order valence-electron chi connectivity index (χ3n) is 4.59. The standard InChI is InChI=1S/C21H29N3O5/c1-21(2,3)29-20(26)24-11-10-23(14-17(24)19(25)28-5)13-15-6-7-18(27-4)16(12-15)8-9-22/h6-7,12,17H,8,10-11,13-14H2,1-5H3. The maximum absolute atomic E-state index is 12.5. The summed E-state index contributed by atoms with van der Waals surface area (Å²) >= 11 is 0. The summed E-state index contributed by atoms with van der Waals surface area (Å²) in [6.45, 7) is 7.23. The molecule has 8 nitrogen and oxygen atoms in total. The van der Waals surface area contributed by atoms with E-state index < -0.39 is 23.7 Å². The first kappa shape index (κ1) is 22.5. The van der Waals surface area contributed by atoms with Crippen molar-refractivity contribution in [3.05, 3.63) is 29.3 Å². The zero-order valence-corrected chi connectivity index (χ0v) is 17.7. The Morgan fingerprint density at radius 2 is 1.97 bits per heavy atom. The smallest absolute Gasteiger partial charge is 0.411 e. The summed E-state index contributed by atoms with van der Waals surface area (Å²) in [4.78, 5) is 28.4. The molecule has 0 aromatic heterocycles. The Morgan fingerprint density at radius 3 is 2.55 bits per heavy atom. The second kappa shape index (κ2) is 9.61. The second-order valence-corrected chi connectivity index (χ2v) is 7.93. The van der Waals surface area contributed by atoms with Crippen molar-refractivity contribution < 1.29 is 23.8 Å². The molecule has 1 aliphatic rings. The number of hydrogen-bond donors (Lipinski definition) is 0. The van der Waals surface area contributed by atoms with Crippen molar-refractivity contribution in [3.8, 4) is 11.8 Å². The van der Waals surface area contributed by atoms with Crippen molar-refractivity contribution in [3.63, 3.8) is 0 Å². The molecule has 0 aliphatic carbocycles. The van der Waals surface area contributed by atoms with Crippen LogP contribution in [-0.2, 0) is 27.2 Å². The van der Waals surface area contributed by atoms with Gasteiger partial charge in [-0.3, -0.25) is 9.80 Å². The summed E-state index contributed by atoms with van der Waals surface area (Å²) in [5.74, 6) is 0.206. The molecule has 1 amide bonds. The van der Waals surface area contributed by atoms with Crippen molar-refractivity contribution in [1.29, 1.82) is 5.26 Å². The van der Waals surface area contributed by atoms with Gasteiger partial charge in [-0.1, -0.05) is 6.07 Å². The van der Waals surface area contributed by atoms with Crippen LogP contribution >= 0.6 is 0 Å². The Morgan fingerprint density at radius 1 is 1.24 bits per heavy atom. The van der Waals surface area contributed by atoms with Gasteiger partial charge in [-0.05, 0) is 38.5 Å². The number of benzene rings is 1. The Balaban J connectivity index is 2.13. The van der Waals surface area contributed by atoms with Gasteiger partial charge >= 0.3 is 12.1 Å². The van der Waals surface area contributed by atoms with E-state index in [0.717, 1.165) is 11.1 Å². The molecule has 0 bridgehead atoms. The summed E-state index contributed by atoms with van der Waals surface area (Å²) in [5, 5.41) is 9.02. The lowest BCUT2D eigenvalue weighted by atomic mass is 10.1. The zero-order valence-electron chi connectivity index (χ0n) is 17.7. The first-order chi connectivity index (χ1) is 13.7. The molecule has 8 heteroatoms. The van der Waals surface area contributed by atoms with Gasteiger partial charge in [-0.25, -0.2) is 9.59 Å². The Labute approximate surface area is 171 Å². The van der Waals surface area contributed by atoms with Gasteiger partial charge < -0.3 is 14.2 Å². The molecule has 1 saturated heterocycles. The number of ether oxygens (including phenoxy) is 3. The van der Waals surface area contributed by atoms with E-state index in [1.807, 2.05) is 18.2 Å². The molecule has 1 unspecified atom stereocenters. The number of esters is 1. The number of carbonyl (C=O) groups excluding carboxylic acids is 2. The van der Waals surface area contributed by atoms with Gasteiger partial charge in [0.25, 0.3) is 0 Å². The summed E-state index contributed by atoms with van der Waals surface area (Å²) in [5.41, 5.74) is 1.18. The Kier molecular flexibility index (Phi) is 7.46. The van der Waals surface area contributed by atoms with Crippen molar-refractivity contribution >= 4 is 12.1 Å². The first-order valence-corrected chi connectivity index (χ1v) is 9.51. The molecule has 1 aromatic rings. The molecular formula is C21H29N3O5. The number of carbonyl (C=O) groups is 2. The van der Waals surface area contributed by atoms with E-state index in [4.69, 9.17) is 19.5 Å². The van der Waals surface area contributed by atoms with Crippen LogP contribution in [0, 0.1) is 11.3 Å². The van der Waals surface area contributed by atoms with E-state index in [0.29, 0.717) is 31.9 Å². The van der Waals surface area contributed by atoms with Gasteiger partial charge in [0.1, 0.15) is 17.4 Å². The molecule has 0 radical (unpaired) electrons. The molecule has 1 fully saturated rings. The number of amides is 1. The van der Waals surface area contributed by atoms with Gasteiger partial charge in [0.15, 0.2) is 0 Å². The monoisotopic (exact) mass is 403 g/mol. The van der Waals surface area contributed by atoms with Gasteiger partial charge in [-0.2, -0.15) is 5.26 Å². The van der Waals surface area contributed by atoms with E-state index in [1.165, 1.54) is 12.0 Å². The first-order valence-electron chi connectivity index (χ1n) is 9.51. The van der Waals surface area contributed by atoms with E-state index in [-0.39, 0.29) is 6.42 Å². The minimum Gasteiger partial charge on any atom is -0.496 e. The van der Waals surface area contributed by atoms with Crippen LogP contribution in [0.25, 0.3) is 0 Å². The summed E-state index contributed by atoms with van der Waals surface area (Å²) in [7, 11) is 2.89. The quantitative estimate of drug-likeness (QED) is 0.697. The zero-order chi connectivity index (χ0) is 21.6. The lowest BCUT2D eigenvalue weighted by Gasteiger charge is -2.40. The van der Waals surface area contributed by atoms with E-state index >= 15 is 0 Å². The van der Waals surface area contributed by atoms with E-state index in [1.54, 1.807) is 27.9 Å². The molecule has 2 rings (SSSR count). The van der Waals surface area contributed by atoms with E-state index in [9.17, 15) is 9.59 Å². The number of nitriles is 1. The average Bonchev–Trinajstić information content (AvgIpc) is 2.66. The predicted molar refractivity (Wildman–Crippen MR) is 106 cm³/mol. The highest BCUT2D eigenvalue weighted by Crippen LogP contribution is 2.23. The van der Waals surface area contributed by atoms with Gasteiger partial charge in [0.2, 0.25) is 0 Å². The lowest BCUT2D eigenvalue weighted by molar-refractivity contribution is -0.149. The largest absolute Gasteiger partial charge is 0.496 e. The topological polar surface area (TPSA) is 92.1 Å². The van der Waals surface area contributed by atoms with Gasteiger partial charge in [0.05, 0.1) is 26.7 Å². The van der Waals surface area contributed by atoms with Gasteiger partial charge in [-0.15, -0.1) is 0 Å². The molecule has 0 saturated carbocycles. The summed E-state index contributed by atoms with van der Waals surface area (Å²) < 4.78 is 15.7. The fourth-order valence-electron chi connectivity index (χ4n) is 3.27. The van der Waals surface area contributed by atoms with Crippen molar-refractivity contribution in [2.75, 3.05) is 33.9 Å². The van der Waals surface area contributed by atoms with Crippen LogP contribution < -0.4 is 4.74 Å². The number of nitrogens with zero attached hydrogens (tertiary/aromatic N) is 3. The fraction of sp³-hybridized carbons (Fsp3) is 0.571.